The number of hydrogen-bond donors (Lipinski definition) is 1. The molecule has 1 aliphatic heterocycles. The van der Waals surface area contributed by atoms with Crippen LogP contribution in [-0.2, 0) is 20.0 Å². The van der Waals surface area contributed by atoms with Gasteiger partial charge in [-0.05, 0) is 69.8 Å². The summed E-state index contributed by atoms with van der Waals surface area (Å²) in [6, 6.07) is 19.5. The topological polar surface area (TPSA) is 57.2 Å². The molecule has 3 heterocycles. The van der Waals surface area contributed by atoms with Crippen molar-refractivity contribution in [2.24, 2.45) is 13.0 Å². The molecule has 1 fully saturated rings. The number of fused-ring (bicyclic) bond motifs is 1. The number of carbonyl (C=O) groups excluding carboxylic acids is 1. The lowest BCUT2D eigenvalue weighted by atomic mass is 9.84. The summed E-state index contributed by atoms with van der Waals surface area (Å²) in [4.78, 5) is 21.2. The average molecular weight is 484 g/mol. The van der Waals surface area contributed by atoms with Crippen LogP contribution in [0.1, 0.15) is 45.7 Å². The Hall–Kier alpha value is -3.38. The number of aryl methyl sites for hydroxylation is 3. The standard InChI is InChI=1S/C30H37N5O/c1-21-10-11-27-25(16-21)18-28(31-27)30(36)35-14-12-24(13-15-35)29(17-23-8-6-5-7-9-23)33(3)19-26-20-34(4)32-22(26)2/h5-11,16,18,20,24,29,31H,12-15,17,19H2,1-4H3/t29-/m0/s1. The largest absolute Gasteiger partial charge is 0.351 e. The van der Waals surface area contributed by atoms with Crippen LogP contribution in [0, 0.1) is 19.8 Å². The van der Waals surface area contributed by atoms with Crippen molar-refractivity contribution in [1.82, 2.24) is 24.6 Å². The number of H-pyrrole nitrogens is 1. The number of nitrogens with zero attached hydrogens (tertiary/aromatic N) is 4. The first-order chi connectivity index (χ1) is 17.4. The molecule has 2 aromatic heterocycles. The Morgan fingerprint density at radius 1 is 1.11 bits per heavy atom. The van der Waals surface area contributed by atoms with E-state index >= 15 is 0 Å². The highest BCUT2D eigenvalue weighted by molar-refractivity contribution is 5.98. The summed E-state index contributed by atoms with van der Waals surface area (Å²) < 4.78 is 1.90. The highest BCUT2D eigenvalue weighted by Crippen LogP contribution is 2.29. The first-order valence-corrected chi connectivity index (χ1v) is 13.0. The quantitative estimate of drug-likeness (QED) is 0.397. The molecule has 1 N–H and O–H groups in total. The number of carbonyl (C=O) groups is 1. The molecule has 0 bridgehead atoms. The van der Waals surface area contributed by atoms with Crippen LogP contribution in [0.3, 0.4) is 0 Å². The molecule has 0 spiro atoms. The Morgan fingerprint density at radius 2 is 1.86 bits per heavy atom. The molecule has 36 heavy (non-hydrogen) atoms. The zero-order valence-electron chi connectivity index (χ0n) is 21.9. The number of aromatic amines is 1. The molecule has 6 nitrogen and oxygen atoms in total. The van der Waals surface area contributed by atoms with Crippen molar-refractivity contribution < 1.29 is 4.79 Å². The van der Waals surface area contributed by atoms with Gasteiger partial charge in [-0.15, -0.1) is 0 Å². The van der Waals surface area contributed by atoms with E-state index in [0.717, 1.165) is 55.5 Å². The number of nitrogens with one attached hydrogen (secondary N) is 1. The second kappa shape index (κ2) is 10.3. The number of hydrogen-bond acceptors (Lipinski definition) is 3. The number of amides is 1. The van der Waals surface area contributed by atoms with Gasteiger partial charge in [0.1, 0.15) is 5.69 Å². The van der Waals surface area contributed by atoms with Crippen molar-refractivity contribution in [2.45, 2.75) is 45.7 Å². The van der Waals surface area contributed by atoms with Gasteiger partial charge in [-0.3, -0.25) is 14.4 Å². The van der Waals surface area contributed by atoms with Crippen molar-refractivity contribution in [3.8, 4) is 0 Å². The Morgan fingerprint density at radius 3 is 2.56 bits per heavy atom. The van der Waals surface area contributed by atoms with Crippen molar-refractivity contribution in [2.75, 3.05) is 20.1 Å². The molecule has 0 saturated carbocycles. The Labute approximate surface area is 213 Å². The number of aromatic nitrogens is 3. The zero-order chi connectivity index (χ0) is 25.2. The van der Waals surface area contributed by atoms with Gasteiger partial charge in [0.05, 0.1) is 5.69 Å². The molecule has 188 valence electrons. The molecule has 1 aliphatic rings. The van der Waals surface area contributed by atoms with Gasteiger partial charge >= 0.3 is 0 Å². The third kappa shape index (κ3) is 5.24. The minimum Gasteiger partial charge on any atom is -0.351 e. The van der Waals surface area contributed by atoms with Crippen LogP contribution in [0.4, 0.5) is 0 Å². The van der Waals surface area contributed by atoms with Gasteiger partial charge in [0.25, 0.3) is 5.91 Å². The molecule has 5 rings (SSSR count). The van der Waals surface area contributed by atoms with Crippen molar-refractivity contribution >= 4 is 16.8 Å². The molecular weight excluding hydrogens is 446 g/mol. The summed E-state index contributed by atoms with van der Waals surface area (Å²) >= 11 is 0. The van der Waals surface area contributed by atoms with Crippen molar-refractivity contribution in [3.05, 3.63) is 88.9 Å². The number of likely N-dealkylation sites (tertiary alicyclic amines) is 1. The monoisotopic (exact) mass is 483 g/mol. The molecular formula is C30H37N5O. The smallest absolute Gasteiger partial charge is 0.270 e. The predicted octanol–water partition coefficient (Wildman–Crippen LogP) is 5.11. The third-order valence-electron chi connectivity index (χ3n) is 7.77. The van der Waals surface area contributed by atoms with E-state index in [9.17, 15) is 4.79 Å². The number of piperidine rings is 1. The minimum absolute atomic E-state index is 0.112. The molecule has 1 atom stereocenters. The van der Waals surface area contributed by atoms with Crippen LogP contribution in [0.25, 0.3) is 10.9 Å². The summed E-state index contributed by atoms with van der Waals surface area (Å²) in [7, 11) is 4.23. The SMILES string of the molecule is Cc1ccc2[nH]c(C(=O)N3CCC([C@H](Cc4ccccc4)N(C)Cc4cn(C)nc4C)CC3)cc2c1. The van der Waals surface area contributed by atoms with Crippen molar-refractivity contribution in [3.63, 3.8) is 0 Å². The number of benzene rings is 2. The van der Waals surface area contributed by atoms with Gasteiger partial charge in [-0.2, -0.15) is 5.10 Å². The van der Waals surface area contributed by atoms with Gasteiger partial charge in [0.15, 0.2) is 0 Å². The molecule has 1 amide bonds. The second-order valence-electron chi connectivity index (χ2n) is 10.5. The number of likely N-dealkylation sites (N-methyl/N-ethyl adjacent to an activating group) is 1. The predicted molar refractivity (Wildman–Crippen MR) is 145 cm³/mol. The van der Waals surface area contributed by atoms with E-state index in [2.05, 4.69) is 90.6 Å². The lowest BCUT2D eigenvalue weighted by Crippen LogP contribution is -2.46. The fraction of sp³-hybridized carbons (Fsp3) is 0.400. The maximum Gasteiger partial charge on any atom is 0.270 e. The van der Waals surface area contributed by atoms with Gasteiger partial charge in [-0.25, -0.2) is 0 Å². The third-order valence-corrected chi connectivity index (χ3v) is 7.77. The number of rotatable bonds is 7. The fourth-order valence-corrected chi connectivity index (χ4v) is 5.75. The van der Waals surface area contributed by atoms with Crippen LogP contribution >= 0.6 is 0 Å². The first kappa shape index (κ1) is 24.3. The van der Waals surface area contributed by atoms with Gasteiger partial charge in [0, 0.05) is 55.4 Å². The molecule has 0 unspecified atom stereocenters. The Kier molecular flexibility index (Phi) is 6.97. The van der Waals surface area contributed by atoms with Crippen LogP contribution in [0.2, 0.25) is 0 Å². The van der Waals surface area contributed by atoms with E-state index in [-0.39, 0.29) is 5.91 Å². The minimum atomic E-state index is 0.112. The van der Waals surface area contributed by atoms with Gasteiger partial charge < -0.3 is 9.88 Å². The average Bonchev–Trinajstić information content (AvgIpc) is 3.44. The van der Waals surface area contributed by atoms with Crippen LogP contribution in [0.15, 0.2) is 60.8 Å². The highest BCUT2D eigenvalue weighted by Gasteiger charge is 2.32. The van der Waals surface area contributed by atoms with E-state index in [4.69, 9.17) is 0 Å². The van der Waals surface area contributed by atoms with Gasteiger partial charge in [-0.1, -0.05) is 42.0 Å². The van der Waals surface area contributed by atoms with E-state index in [1.165, 1.54) is 16.7 Å². The molecule has 0 aliphatic carbocycles. The van der Waals surface area contributed by atoms with E-state index in [1.807, 2.05) is 22.7 Å². The summed E-state index contributed by atoms with van der Waals surface area (Å²) in [6.45, 7) is 6.64. The first-order valence-electron chi connectivity index (χ1n) is 13.0. The maximum absolute atomic E-state index is 13.3. The Bertz CT molecular complexity index is 1330. The molecule has 4 aromatic rings. The van der Waals surface area contributed by atoms with Crippen LogP contribution < -0.4 is 0 Å². The molecule has 2 aromatic carbocycles. The summed E-state index contributed by atoms with van der Waals surface area (Å²) in [6.07, 6.45) is 5.17. The van der Waals surface area contributed by atoms with E-state index in [1.54, 1.807) is 0 Å². The summed E-state index contributed by atoms with van der Waals surface area (Å²) in [5.74, 6) is 0.642. The maximum atomic E-state index is 13.3. The van der Waals surface area contributed by atoms with Crippen molar-refractivity contribution in [1.29, 1.82) is 0 Å². The molecule has 6 heteroatoms. The lowest BCUT2D eigenvalue weighted by Gasteiger charge is -2.40. The highest BCUT2D eigenvalue weighted by atomic mass is 16.2. The summed E-state index contributed by atoms with van der Waals surface area (Å²) in [5.41, 5.74) is 6.66. The fourth-order valence-electron chi connectivity index (χ4n) is 5.75. The molecule has 0 radical (unpaired) electrons. The van der Waals surface area contributed by atoms with Crippen LogP contribution in [0.5, 0.6) is 0 Å². The van der Waals surface area contributed by atoms with E-state index in [0.29, 0.717) is 17.7 Å². The second-order valence-corrected chi connectivity index (χ2v) is 10.5. The zero-order valence-corrected chi connectivity index (χ0v) is 21.9. The summed E-state index contributed by atoms with van der Waals surface area (Å²) in [5, 5.41) is 5.64. The Balaban J connectivity index is 1.29. The lowest BCUT2D eigenvalue weighted by molar-refractivity contribution is 0.0598. The normalized spacial score (nSPS) is 15.6. The van der Waals surface area contributed by atoms with Gasteiger partial charge in [0.2, 0.25) is 0 Å². The molecule has 1 saturated heterocycles. The van der Waals surface area contributed by atoms with Crippen LogP contribution in [-0.4, -0.2) is 56.7 Å². The van der Waals surface area contributed by atoms with E-state index < -0.39 is 0 Å².